The second-order valence-electron chi connectivity index (χ2n) is 4.54. The second-order valence-corrected chi connectivity index (χ2v) is 5.39. The summed E-state index contributed by atoms with van der Waals surface area (Å²) >= 11 is 3.48. The lowest BCUT2D eigenvalue weighted by Crippen LogP contribution is -2.22. The summed E-state index contributed by atoms with van der Waals surface area (Å²) in [6, 6.07) is 4.48. The highest BCUT2D eigenvalue weighted by molar-refractivity contribution is 9.10. The maximum atomic E-state index is 4.50. The molecule has 1 fully saturated rings. The van der Waals surface area contributed by atoms with Crippen LogP contribution in [0.1, 0.15) is 32.1 Å². The molecule has 5 heteroatoms. The van der Waals surface area contributed by atoms with Crippen molar-refractivity contribution in [2.24, 2.45) is 0 Å². The standard InChI is InChI=1S/C12H15BrN4/c13-10-7-4-8-17-11(10)15-12(16-17)14-9-5-2-1-3-6-9/h4,7-9H,1-3,5-6H2,(H,14,16). The van der Waals surface area contributed by atoms with E-state index in [2.05, 4.69) is 31.3 Å². The zero-order valence-corrected chi connectivity index (χ0v) is 11.2. The Hall–Kier alpha value is -1.10. The van der Waals surface area contributed by atoms with Crippen molar-refractivity contribution >= 4 is 27.5 Å². The molecule has 0 atom stereocenters. The molecule has 0 spiro atoms. The van der Waals surface area contributed by atoms with E-state index in [0.717, 1.165) is 16.1 Å². The Morgan fingerprint density at radius 2 is 2.12 bits per heavy atom. The molecule has 3 rings (SSSR count). The van der Waals surface area contributed by atoms with Crippen LogP contribution < -0.4 is 5.32 Å². The first-order valence-corrected chi connectivity index (χ1v) is 6.90. The van der Waals surface area contributed by atoms with Crippen LogP contribution in [0.3, 0.4) is 0 Å². The highest BCUT2D eigenvalue weighted by Gasteiger charge is 2.15. The van der Waals surface area contributed by atoms with Gasteiger partial charge in [0.2, 0.25) is 5.95 Å². The lowest BCUT2D eigenvalue weighted by atomic mass is 9.96. The van der Waals surface area contributed by atoms with Crippen molar-refractivity contribution in [3.05, 3.63) is 22.8 Å². The molecule has 0 aliphatic heterocycles. The maximum Gasteiger partial charge on any atom is 0.243 e. The molecule has 90 valence electrons. The lowest BCUT2D eigenvalue weighted by molar-refractivity contribution is 0.461. The molecule has 4 nitrogen and oxygen atoms in total. The molecule has 0 radical (unpaired) electrons. The Kier molecular flexibility index (Phi) is 3.01. The summed E-state index contributed by atoms with van der Waals surface area (Å²) in [5, 5.41) is 7.87. The largest absolute Gasteiger partial charge is 0.350 e. The molecule has 1 N–H and O–H groups in total. The van der Waals surface area contributed by atoms with Gasteiger partial charge in [-0.25, -0.2) is 4.52 Å². The highest BCUT2D eigenvalue weighted by Crippen LogP contribution is 2.22. The molecule has 1 aliphatic carbocycles. The topological polar surface area (TPSA) is 42.2 Å². The zero-order valence-electron chi connectivity index (χ0n) is 9.56. The third kappa shape index (κ3) is 2.29. The van der Waals surface area contributed by atoms with E-state index >= 15 is 0 Å². The van der Waals surface area contributed by atoms with Gasteiger partial charge in [-0.05, 0) is 40.9 Å². The highest BCUT2D eigenvalue weighted by atomic mass is 79.9. The fourth-order valence-electron chi connectivity index (χ4n) is 2.36. The molecule has 2 aromatic rings. The quantitative estimate of drug-likeness (QED) is 0.925. The van der Waals surface area contributed by atoms with Crippen LogP contribution in [0.15, 0.2) is 22.8 Å². The van der Waals surface area contributed by atoms with E-state index in [0.29, 0.717) is 6.04 Å². The first-order chi connectivity index (χ1) is 8.33. The molecule has 0 unspecified atom stereocenters. The van der Waals surface area contributed by atoms with Crippen molar-refractivity contribution in [1.29, 1.82) is 0 Å². The van der Waals surface area contributed by atoms with Gasteiger partial charge in [-0.1, -0.05) is 19.3 Å². The van der Waals surface area contributed by atoms with Crippen LogP contribution in [0.5, 0.6) is 0 Å². The predicted octanol–water partition coefficient (Wildman–Crippen LogP) is 3.24. The molecular weight excluding hydrogens is 280 g/mol. The predicted molar refractivity (Wildman–Crippen MR) is 71.2 cm³/mol. The molecule has 1 saturated carbocycles. The van der Waals surface area contributed by atoms with E-state index in [4.69, 9.17) is 0 Å². The van der Waals surface area contributed by atoms with E-state index < -0.39 is 0 Å². The molecule has 17 heavy (non-hydrogen) atoms. The Labute approximate surface area is 109 Å². The number of nitrogens with zero attached hydrogens (tertiary/aromatic N) is 3. The van der Waals surface area contributed by atoms with Gasteiger partial charge < -0.3 is 5.32 Å². The maximum absolute atomic E-state index is 4.50. The Morgan fingerprint density at radius 3 is 2.88 bits per heavy atom. The number of fused-ring (bicyclic) bond motifs is 1. The van der Waals surface area contributed by atoms with Gasteiger partial charge >= 0.3 is 0 Å². The summed E-state index contributed by atoms with van der Waals surface area (Å²) in [6.45, 7) is 0. The summed E-state index contributed by atoms with van der Waals surface area (Å²) in [5.74, 6) is 0.740. The fourth-order valence-corrected chi connectivity index (χ4v) is 2.79. The average Bonchev–Trinajstić information content (AvgIpc) is 2.74. The van der Waals surface area contributed by atoms with E-state index in [9.17, 15) is 0 Å². The normalized spacial score (nSPS) is 17.5. The zero-order chi connectivity index (χ0) is 11.7. The van der Waals surface area contributed by atoms with Gasteiger partial charge in [0.1, 0.15) is 0 Å². The smallest absolute Gasteiger partial charge is 0.243 e. The minimum Gasteiger partial charge on any atom is -0.350 e. The minimum atomic E-state index is 0.542. The van der Waals surface area contributed by atoms with Crippen LogP contribution in [0, 0.1) is 0 Å². The van der Waals surface area contributed by atoms with Gasteiger partial charge in [-0.2, -0.15) is 4.98 Å². The van der Waals surface area contributed by atoms with Gasteiger partial charge in [0.25, 0.3) is 0 Å². The Balaban J connectivity index is 1.83. The second kappa shape index (κ2) is 4.64. The molecule has 2 heterocycles. The van der Waals surface area contributed by atoms with Gasteiger partial charge in [-0.3, -0.25) is 0 Å². The number of pyridine rings is 1. The Morgan fingerprint density at radius 1 is 1.29 bits per heavy atom. The van der Waals surface area contributed by atoms with E-state index in [1.165, 1.54) is 32.1 Å². The molecular formula is C12H15BrN4. The number of halogens is 1. The molecule has 0 bridgehead atoms. The number of nitrogens with one attached hydrogen (secondary N) is 1. The number of hydrogen-bond acceptors (Lipinski definition) is 3. The van der Waals surface area contributed by atoms with Gasteiger partial charge in [-0.15, -0.1) is 5.10 Å². The molecule has 1 aliphatic rings. The lowest BCUT2D eigenvalue weighted by Gasteiger charge is -2.21. The van der Waals surface area contributed by atoms with Crippen molar-refractivity contribution < 1.29 is 0 Å². The summed E-state index contributed by atoms with van der Waals surface area (Å²) in [7, 11) is 0. The Bertz CT molecular complexity index is 516. The summed E-state index contributed by atoms with van der Waals surface area (Å²) in [4.78, 5) is 4.50. The van der Waals surface area contributed by atoms with Crippen LogP contribution >= 0.6 is 15.9 Å². The number of anilines is 1. The number of rotatable bonds is 2. The van der Waals surface area contributed by atoms with Crippen LogP contribution in [0.4, 0.5) is 5.95 Å². The van der Waals surface area contributed by atoms with E-state index in [1.54, 1.807) is 4.52 Å². The molecule has 0 amide bonds. The van der Waals surface area contributed by atoms with Gasteiger partial charge in [0, 0.05) is 12.2 Å². The van der Waals surface area contributed by atoms with Crippen molar-refractivity contribution in [3.63, 3.8) is 0 Å². The summed E-state index contributed by atoms with van der Waals surface area (Å²) in [5.41, 5.74) is 0.866. The molecule has 0 aromatic carbocycles. The average molecular weight is 295 g/mol. The van der Waals surface area contributed by atoms with Crippen LogP contribution in [-0.2, 0) is 0 Å². The van der Waals surface area contributed by atoms with Crippen LogP contribution in [0.25, 0.3) is 5.65 Å². The number of hydrogen-bond donors (Lipinski definition) is 1. The third-order valence-corrected chi connectivity index (χ3v) is 3.87. The molecule has 2 aromatic heterocycles. The van der Waals surface area contributed by atoms with Crippen molar-refractivity contribution in [3.8, 4) is 0 Å². The number of aromatic nitrogens is 3. The van der Waals surface area contributed by atoms with Crippen molar-refractivity contribution in [2.75, 3.05) is 5.32 Å². The minimum absolute atomic E-state index is 0.542. The first-order valence-electron chi connectivity index (χ1n) is 6.10. The van der Waals surface area contributed by atoms with E-state index in [-0.39, 0.29) is 0 Å². The monoisotopic (exact) mass is 294 g/mol. The van der Waals surface area contributed by atoms with Gasteiger partial charge in [0.05, 0.1) is 4.47 Å². The third-order valence-electron chi connectivity index (χ3n) is 3.25. The van der Waals surface area contributed by atoms with Crippen LogP contribution in [0.2, 0.25) is 0 Å². The van der Waals surface area contributed by atoms with Crippen molar-refractivity contribution in [1.82, 2.24) is 14.6 Å². The summed E-state index contributed by atoms with van der Waals surface area (Å²) < 4.78 is 2.78. The first kappa shape index (κ1) is 11.0. The summed E-state index contributed by atoms with van der Waals surface area (Å²) in [6.07, 6.45) is 8.37. The SMILES string of the molecule is Brc1cccn2nc(NC3CCCCC3)nc12. The van der Waals surface area contributed by atoms with Crippen molar-refractivity contribution in [2.45, 2.75) is 38.1 Å². The molecule has 0 saturated heterocycles. The van der Waals surface area contributed by atoms with Gasteiger partial charge in [0.15, 0.2) is 5.65 Å². The fraction of sp³-hybridized carbons (Fsp3) is 0.500. The van der Waals surface area contributed by atoms with Crippen LogP contribution in [-0.4, -0.2) is 20.6 Å². The van der Waals surface area contributed by atoms with E-state index in [1.807, 2.05) is 18.3 Å².